The number of anilines is 1. The Morgan fingerprint density at radius 1 is 1.14 bits per heavy atom. The lowest BCUT2D eigenvalue weighted by Gasteiger charge is -2.17. The maximum absolute atomic E-state index is 14.6. The van der Waals surface area contributed by atoms with Crippen LogP contribution in [0.3, 0.4) is 0 Å². The van der Waals surface area contributed by atoms with E-state index in [2.05, 4.69) is 0 Å². The van der Waals surface area contributed by atoms with Crippen molar-refractivity contribution in [3.05, 3.63) is 39.7 Å². The molecule has 28 heavy (non-hydrogen) atoms. The molecule has 1 aliphatic carbocycles. The first-order valence-corrected chi connectivity index (χ1v) is 10.3. The maximum atomic E-state index is 14.6. The molecule has 9 heteroatoms. The van der Waals surface area contributed by atoms with Gasteiger partial charge in [-0.1, -0.05) is 23.4 Å². The van der Waals surface area contributed by atoms with Crippen molar-refractivity contribution in [1.82, 2.24) is 0 Å². The molecule has 1 fully saturated rings. The molecule has 1 saturated heterocycles. The van der Waals surface area contributed by atoms with Gasteiger partial charge in [-0.15, -0.1) is 0 Å². The standard InChI is InChI=1S/C19H17ClFNO5S/c20-13-8-14(21)15(7-12(13)19(25)28-9-16-26-5-6-27-16)22-17(23)10-3-1-2-4-11(10)18(22)24/h7-8,16H,1-6,9H2. The summed E-state index contributed by atoms with van der Waals surface area (Å²) in [7, 11) is 0. The van der Waals surface area contributed by atoms with Crippen LogP contribution in [-0.2, 0) is 19.1 Å². The van der Waals surface area contributed by atoms with Crippen LogP contribution in [0.15, 0.2) is 23.3 Å². The van der Waals surface area contributed by atoms with Crippen molar-refractivity contribution in [3.63, 3.8) is 0 Å². The zero-order valence-electron chi connectivity index (χ0n) is 14.8. The van der Waals surface area contributed by atoms with E-state index in [1.54, 1.807) is 0 Å². The van der Waals surface area contributed by atoms with E-state index in [1.807, 2.05) is 0 Å². The molecule has 0 unspecified atom stereocenters. The molecule has 6 nitrogen and oxygen atoms in total. The Labute approximate surface area is 170 Å². The smallest absolute Gasteiger partial charge is 0.261 e. The van der Waals surface area contributed by atoms with Crippen molar-refractivity contribution in [2.45, 2.75) is 32.0 Å². The molecule has 1 aromatic carbocycles. The number of rotatable bonds is 4. The lowest BCUT2D eigenvalue weighted by atomic mass is 9.93. The van der Waals surface area contributed by atoms with Gasteiger partial charge < -0.3 is 9.47 Å². The summed E-state index contributed by atoms with van der Waals surface area (Å²) in [6, 6.07) is 2.14. The van der Waals surface area contributed by atoms with Gasteiger partial charge in [0.15, 0.2) is 6.29 Å². The van der Waals surface area contributed by atoms with Crippen LogP contribution in [0.1, 0.15) is 36.0 Å². The zero-order valence-corrected chi connectivity index (χ0v) is 16.4. The highest BCUT2D eigenvalue weighted by molar-refractivity contribution is 8.14. The average molecular weight is 426 g/mol. The molecule has 0 spiro atoms. The number of carbonyl (C=O) groups is 3. The summed E-state index contributed by atoms with van der Waals surface area (Å²) in [5.74, 6) is -1.59. The number of thioether (sulfide) groups is 1. The number of carbonyl (C=O) groups excluding carboxylic acids is 3. The largest absolute Gasteiger partial charge is 0.349 e. The molecule has 0 bridgehead atoms. The fraction of sp³-hybridized carbons (Fsp3) is 0.421. The number of amides is 2. The van der Waals surface area contributed by atoms with Gasteiger partial charge in [-0.3, -0.25) is 14.4 Å². The van der Waals surface area contributed by atoms with Crippen LogP contribution < -0.4 is 4.90 Å². The highest BCUT2D eigenvalue weighted by Gasteiger charge is 2.41. The van der Waals surface area contributed by atoms with Gasteiger partial charge in [-0.2, -0.15) is 0 Å². The minimum absolute atomic E-state index is 0.0338. The molecule has 0 atom stereocenters. The SMILES string of the molecule is O=C(SCC1OCCO1)c1cc(N2C(=O)C3=C(CCCC3)C2=O)c(F)cc1Cl. The van der Waals surface area contributed by atoms with E-state index in [-0.39, 0.29) is 22.0 Å². The van der Waals surface area contributed by atoms with Crippen LogP contribution in [0.5, 0.6) is 0 Å². The average Bonchev–Trinajstić information content (AvgIpc) is 3.28. The summed E-state index contributed by atoms with van der Waals surface area (Å²) in [5.41, 5.74) is 0.685. The third-order valence-electron chi connectivity index (χ3n) is 4.93. The molecule has 4 rings (SSSR count). The van der Waals surface area contributed by atoms with Crippen LogP contribution in [0, 0.1) is 5.82 Å². The Hall–Kier alpha value is -1.74. The van der Waals surface area contributed by atoms with Gasteiger partial charge in [0.05, 0.1) is 29.7 Å². The number of imide groups is 1. The molecule has 0 saturated carbocycles. The Balaban J connectivity index is 1.60. The molecule has 3 aliphatic rings. The van der Waals surface area contributed by atoms with Gasteiger partial charge in [0, 0.05) is 16.7 Å². The third-order valence-corrected chi connectivity index (χ3v) is 6.16. The van der Waals surface area contributed by atoms with E-state index in [1.165, 1.54) is 6.07 Å². The number of benzene rings is 1. The minimum Gasteiger partial charge on any atom is -0.349 e. The molecule has 0 radical (unpaired) electrons. The first-order chi connectivity index (χ1) is 13.5. The molecule has 0 aromatic heterocycles. The first kappa shape index (κ1) is 19.6. The van der Waals surface area contributed by atoms with E-state index in [4.69, 9.17) is 21.1 Å². The second-order valence-electron chi connectivity index (χ2n) is 6.66. The summed E-state index contributed by atoms with van der Waals surface area (Å²) < 4.78 is 25.2. The second-order valence-corrected chi connectivity index (χ2v) is 8.06. The van der Waals surface area contributed by atoms with Crippen molar-refractivity contribution in [2.24, 2.45) is 0 Å². The molecule has 148 valence electrons. The van der Waals surface area contributed by atoms with Crippen LogP contribution in [0.4, 0.5) is 10.1 Å². The summed E-state index contributed by atoms with van der Waals surface area (Å²) in [6.07, 6.45) is 2.18. The van der Waals surface area contributed by atoms with Crippen molar-refractivity contribution >= 4 is 46.0 Å². The van der Waals surface area contributed by atoms with Crippen LogP contribution in [0.25, 0.3) is 0 Å². The highest BCUT2D eigenvalue weighted by atomic mass is 35.5. The van der Waals surface area contributed by atoms with Crippen molar-refractivity contribution in [3.8, 4) is 0 Å². The molecular formula is C19H17ClFNO5S. The Kier molecular flexibility index (Phi) is 5.55. The zero-order chi connectivity index (χ0) is 19.8. The van der Waals surface area contributed by atoms with E-state index in [9.17, 15) is 18.8 Å². The normalized spacial score (nSPS) is 20.3. The number of ether oxygens (including phenoxy) is 2. The van der Waals surface area contributed by atoms with Crippen molar-refractivity contribution in [1.29, 1.82) is 0 Å². The summed E-state index contributed by atoms with van der Waals surface area (Å²) in [5, 5.41) is -0.494. The molecular weight excluding hydrogens is 409 g/mol. The van der Waals surface area contributed by atoms with E-state index >= 15 is 0 Å². The van der Waals surface area contributed by atoms with E-state index in [0.29, 0.717) is 37.2 Å². The number of hydrogen-bond donors (Lipinski definition) is 0. The van der Waals surface area contributed by atoms with Crippen LogP contribution in [-0.4, -0.2) is 42.2 Å². The first-order valence-electron chi connectivity index (χ1n) is 8.97. The minimum atomic E-state index is -0.824. The van der Waals surface area contributed by atoms with Crippen LogP contribution >= 0.6 is 23.4 Å². The number of halogens is 2. The molecule has 2 heterocycles. The summed E-state index contributed by atoms with van der Waals surface area (Å²) >= 11 is 6.98. The number of hydrogen-bond acceptors (Lipinski definition) is 6. The quantitative estimate of drug-likeness (QED) is 0.688. The van der Waals surface area contributed by atoms with Crippen LogP contribution in [0.2, 0.25) is 5.02 Å². The van der Waals surface area contributed by atoms with Gasteiger partial charge in [0.25, 0.3) is 11.8 Å². The molecule has 2 aliphatic heterocycles. The fourth-order valence-corrected chi connectivity index (χ4v) is 4.65. The molecule has 0 N–H and O–H groups in total. The lowest BCUT2D eigenvalue weighted by molar-refractivity contribution is -0.120. The monoisotopic (exact) mass is 425 g/mol. The molecule has 2 amide bonds. The highest BCUT2D eigenvalue weighted by Crippen LogP contribution is 2.38. The van der Waals surface area contributed by atoms with Gasteiger partial charge in [-0.25, -0.2) is 9.29 Å². The van der Waals surface area contributed by atoms with Gasteiger partial charge >= 0.3 is 0 Å². The fourth-order valence-electron chi connectivity index (χ4n) is 3.55. The topological polar surface area (TPSA) is 72.9 Å². The number of nitrogens with zero attached hydrogens (tertiary/aromatic N) is 1. The lowest BCUT2D eigenvalue weighted by Crippen LogP contribution is -2.32. The molecule has 1 aromatic rings. The van der Waals surface area contributed by atoms with E-state index in [0.717, 1.165) is 35.6 Å². The van der Waals surface area contributed by atoms with Gasteiger partial charge in [0.2, 0.25) is 5.12 Å². The third kappa shape index (κ3) is 3.50. The second kappa shape index (κ2) is 7.94. The maximum Gasteiger partial charge on any atom is 0.261 e. The summed E-state index contributed by atoms with van der Waals surface area (Å²) in [4.78, 5) is 38.8. The van der Waals surface area contributed by atoms with Gasteiger partial charge in [0.1, 0.15) is 5.82 Å². The van der Waals surface area contributed by atoms with Crippen molar-refractivity contribution in [2.75, 3.05) is 23.9 Å². The Morgan fingerprint density at radius 3 is 2.36 bits per heavy atom. The Morgan fingerprint density at radius 2 is 1.75 bits per heavy atom. The van der Waals surface area contributed by atoms with Gasteiger partial charge in [-0.05, 0) is 37.8 Å². The predicted octanol–water partition coefficient (Wildman–Crippen LogP) is 3.47. The Bertz CT molecular complexity index is 869. The van der Waals surface area contributed by atoms with E-state index < -0.39 is 29.0 Å². The summed E-state index contributed by atoms with van der Waals surface area (Å²) in [6.45, 7) is 0.940. The predicted molar refractivity (Wildman–Crippen MR) is 102 cm³/mol. The van der Waals surface area contributed by atoms with Crippen molar-refractivity contribution < 1.29 is 28.2 Å².